The minimum Gasteiger partial charge on any atom is -0.490 e. The lowest BCUT2D eigenvalue weighted by Crippen LogP contribution is -2.47. The van der Waals surface area contributed by atoms with Crippen LogP contribution in [0.3, 0.4) is 0 Å². The first kappa shape index (κ1) is 16.3. The molecule has 1 aromatic heterocycles. The number of likely N-dealkylation sites (tertiary alicyclic amines) is 1. The van der Waals surface area contributed by atoms with Crippen molar-refractivity contribution in [3.8, 4) is 5.75 Å². The number of hydrogen-bond donors (Lipinski definition) is 1. The number of hydrogen-bond acceptors (Lipinski definition) is 4. The van der Waals surface area contributed by atoms with Crippen molar-refractivity contribution >= 4 is 5.96 Å². The summed E-state index contributed by atoms with van der Waals surface area (Å²) in [4.78, 5) is 10.9. The highest BCUT2D eigenvalue weighted by Crippen LogP contribution is 2.18. The molecule has 1 aromatic carbocycles. The monoisotopic (exact) mass is 328 g/mol. The van der Waals surface area contributed by atoms with Crippen LogP contribution in [-0.2, 0) is 13.6 Å². The summed E-state index contributed by atoms with van der Waals surface area (Å²) in [6.07, 6.45) is 3.80. The Balaban J connectivity index is 1.48. The fourth-order valence-electron chi connectivity index (χ4n) is 2.85. The molecule has 1 N–H and O–H groups in total. The lowest BCUT2D eigenvalue weighted by Gasteiger charge is -2.34. The van der Waals surface area contributed by atoms with E-state index >= 15 is 0 Å². The van der Waals surface area contributed by atoms with Crippen LogP contribution in [0.5, 0.6) is 5.75 Å². The second kappa shape index (κ2) is 7.81. The second-order valence-electron chi connectivity index (χ2n) is 5.82. The molecule has 1 aliphatic heterocycles. The van der Waals surface area contributed by atoms with Crippen LogP contribution < -0.4 is 10.1 Å². The van der Waals surface area contributed by atoms with Crippen molar-refractivity contribution in [1.82, 2.24) is 25.0 Å². The van der Waals surface area contributed by atoms with E-state index < -0.39 is 0 Å². The van der Waals surface area contributed by atoms with E-state index in [0.29, 0.717) is 6.54 Å². The molecule has 0 saturated carbocycles. The predicted octanol–water partition coefficient (Wildman–Crippen LogP) is 1.43. The fourth-order valence-corrected chi connectivity index (χ4v) is 2.85. The number of benzene rings is 1. The molecule has 0 aliphatic carbocycles. The Kier molecular flexibility index (Phi) is 5.30. The average molecular weight is 328 g/mol. The van der Waals surface area contributed by atoms with Gasteiger partial charge in [-0.3, -0.25) is 9.67 Å². The highest BCUT2D eigenvalue weighted by Gasteiger charge is 2.22. The van der Waals surface area contributed by atoms with Gasteiger partial charge in [-0.05, 0) is 12.1 Å². The van der Waals surface area contributed by atoms with Gasteiger partial charge >= 0.3 is 0 Å². The summed E-state index contributed by atoms with van der Waals surface area (Å²) in [5, 5.41) is 7.44. The van der Waals surface area contributed by atoms with Crippen LogP contribution in [0.15, 0.2) is 41.7 Å². The van der Waals surface area contributed by atoms with E-state index in [2.05, 4.69) is 25.3 Å². The number of piperidine rings is 1. The normalized spacial score (nSPS) is 16.2. The molecule has 2 heterocycles. The standard InChI is InChI=1S/C17H24N6O/c1-18-17(19-12-16-20-13-21-22(16)2)23-10-8-15(9-11-23)24-14-6-4-3-5-7-14/h3-7,13,15H,8-12H2,1-2H3,(H,18,19). The number of nitrogens with zero attached hydrogens (tertiary/aromatic N) is 5. The molecule has 0 spiro atoms. The largest absolute Gasteiger partial charge is 0.490 e. The highest BCUT2D eigenvalue weighted by atomic mass is 16.5. The van der Waals surface area contributed by atoms with Gasteiger partial charge in [0.2, 0.25) is 0 Å². The van der Waals surface area contributed by atoms with Crippen LogP contribution in [-0.4, -0.2) is 51.9 Å². The Bertz CT molecular complexity index is 661. The summed E-state index contributed by atoms with van der Waals surface area (Å²) < 4.78 is 7.81. The minimum atomic E-state index is 0.264. The average Bonchev–Trinajstić information content (AvgIpc) is 3.03. The van der Waals surface area contributed by atoms with Crippen molar-refractivity contribution in [3.05, 3.63) is 42.5 Å². The molecular formula is C17H24N6O. The molecule has 24 heavy (non-hydrogen) atoms. The van der Waals surface area contributed by atoms with E-state index in [1.165, 1.54) is 0 Å². The third-order valence-electron chi connectivity index (χ3n) is 4.21. The van der Waals surface area contributed by atoms with Crippen molar-refractivity contribution in [2.24, 2.45) is 12.0 Å². The van der Waals surface area contributed by atoms with Crippen molar-refractivity contribution in [2.45, 2.75) is 25.5 Å². The van der Waals surface area contributed by atoms with E-state index in [4.69, 9.17) is 4.74 Å². The second-order valence-corrected chi connectivity index (χ2v) is 5.82. The molecule has 7 nitrogen and oxygen atoms in total. The summed E-state index contributed by atoms with van der Waals surface area (Å²) in [6, 6.07) is 10.0. The molecule has 1 aliphatic rings. The molecule has 1 saturated heterocycles. The van der Waals surface area contributed by atoms with Gasteiger partial charge in [0.25, 0.3) is 0 Å². The van der Waals surface area contributed by atoms with Crippen molar-refractivity contribution < 1.29 is 4.74 Å². The molecule has 2 aromatic rings. The number of aliphatic imine (C=N–C) groups is 1. The van der Waals surface area contributed by atoms with Gasteiger partial charge in [0.15, 0.2) is 5.96 Å². The Morgan fingerprint density at radius 2 is 2.04 bits per heavy atom. The van der Waals surface area contributed by atoms with E-state index in [9.17, 15) is 0 Å². The van der Waals surface area contributed by atoms with Crippen LogP contribution in [0.1, 0.15) is 18.7 Å². The number of aromatic nitrogens is 3. The molecule has 0 unspecified atom stereocenters. The third kappa shape index (κ3) is 4.04. The zero-order valence-corrected chi connectivity index (χ0v) is 14.2. The molecule has 0 amide bonds. The maximum atomic E-state index is 6.04. The minimum absolute atomic E-state index is 0.264. The summed E-state index contributed by atoms with van der Waals surface area (Å²) in [6.45, 7) is 2.47. The SMILES string of the molecule is CN=C(NCc1ncnn1C)N1CCC(Oc2ccccc2)CC1. The summed E-state index contributed by atoms with van der Waals surface area (Å²) in [5.41, 5.74) is 0. The van der Waals surface area contributed by atoms with E-state index in [1.54, 1.807) is 11.0 Å². The molecular weight excluding hydrogens is 304 g/mol. The van der Waals surface area contributed by atoms with Crippen molar-refractivity contribution in [2.75, 3.05) is 20.1 Å². The zero-order valence-electron chi connectivity index (χ0n) is 14.2. The lowest BCUT2D eigenvalue weighted by atomic mass is 10.1. The van der Waals surface area contributed by atoms with Gasteiger partial charge in [-0.25, -0.2) is 4.98 Å². The molecule has 0 atom stereocenters. The van der Waals surface area contributed by atoms with Gasteiger partial charge in [-0.2, -0.15) is 5.10 Å². The number of ether oxygens (including phenoxy) is 1. The Hall–Kier alpha value is -2.57. The van der Waals surface area contributed by atoms with Crippen molar-refractivity contribution in [3.63, 3.8) is 0 Å². The van der Waals surface area contributed by atoms with Crippen LogP contribution in [0.25, 0.3) is 0 Å². The predicted molar refractivity (Wildman–Crippen MR) is 92.9 cm³/mol. The van der Waals surface area contributed by atoms with Crippen molar-refractivity contribution in [1.29, 1.82) is 0 Å². The van der Waals surface area contributed by atoms with Crippen LogP contribution in [0.4, 0.5) is 0 Å². The number of rotatable bonds is 4. The first-order valence-electron chi connectivity index (χ1n) is 8.26. The molecule has 3 rings (SSSR count). The Morgan fingerprint density at radius 3 is 2.67 bits per heavy atom. The van der Waals surface area contributed by atoms with E-state index in [-0.39, 0.29) is 6.10 Å². The quantitative estimate of drug-likeness (QED) is 0.679. The van der Waals surface area contributed by atoms with Crippen LogP contribution in [0.2, 0.25) is 0 Å². The number of para-hydroxylation sites is 1. The number of nitrogens with one attached hydrogen (secondary N) is 1. The van der Waals surface area contributed by atoms with Gasteiger partial charge in [0, 0.05) is 40.0 Å². The Morgan fingerprint density at radius 1 is 1.29 bits per heavy atom. The van der Waals surface area contributed by atoms with Gasteiger partial charge in [-0.1, -0.05) is 18.2 Å². The molecule has 1 fully saturated rings. The van der Waals surface area contributed by atoms with Gasteiger partial charge in [0.05, 0.1) is 6.54 Å². The molecule has 128 valence electrons. The molecule has 0 radical (unpaired) electrons. The smallest absolute Gasteiger partial charge is 0.194 e. The third-order valence-corrected chi connectivity index (χ3v) is 4.21. The number of aryl methyl sites for hydroxylation is 1. The van der Waals surface area contributed by atoms with E-state index in [1.807, 2.05) is 44.4 Å². The first-order valence-corrected chi connectivity index (χ1v) is 8.26. The maximum absolute atomic E-state index is 6.04. The lowest BCUT2D eigenvalue weighted by molar-refractivity contribution is 0.129. The van der Waals surface area contributed by atoms with E-state index in [0.717, 1.165) is 43.5 Å². The first-order chi connectivity index (χ1) is 11.8. The van der Waals surface area contributed by atoms with Gasteiger partial charge in [0.1, 0.15) is 24.0 Å². The van der Waals surface area contributed by atoms with Crippen LogP contribution >= 0.6 is 0 Å². The van der Waals surface area contributed by atoms with Crippen LogP contribution in [0, 0.1) is 0 Å². The number of guanidine groups is 1. The van der Waals surface area contributed by atoms with Gasteiger partial charge < -0.3 is 15.0 Å². The summed E-state index contributed by atoms with van der Waals surface area (Å²) in [7, 11) is 3.70. The van der Waals surface area contributed by atoms with Gasteiger partial charge in [-0.15, -0.1) is 0 Å². The summed E-state index contributed by atoms with van der Waals surface area (Å²) in [5.74, 6) is 2.73. The summed E-state index contributed by atoms with van der Waals surface area (Å²) >= 11 is 0. The molecule has 0 bridgehead atoms. The maximum Gasteiger partial charge on any atom is 0.194 e. The Labute approximate surface area is 142 Å². The fraction of sp³-hybridized carbons (Fsp3) is 0.471. The molecule has 7 heteroatoms. The highest BCUT2D eigenvalue weighted by molar-refractivity contribution is 5.79. The zero-order chi connectivity index (χ0) is 16.8. The topological polar surface area (TPSA) is 67.6 Å².